The number of nitrogens with two attached hydrogens (primary N) is 2. The molecule has 6 heteroatoms. The second kappa shape index (κ2) is 8.36. The Morgan fingerprint density at radius 1 is 0.786 bits per heavy atom. The molecule has 14 heavy (non-hydrogen) atoms. The average molecular weight is 281 g/mol. The van der Waals surface area contributed by atoms with E-state index < -0.39 is 0 Å². The van der Waals surface area contributed by atoms with Crippen LogP contribution in [0.1, 0.15) is 27.7 Å². The van der Waals surface area contributed by atoms with Crippen molar-refractivity contribution in [3.63, 3.8) is 0 Å². The maximum atomic E-state index is 5.61. The van der Waals surface area contributed by atoms with Crippen molar-refractivity contribution < 1.29 is 0 Å². The van der Waals surface area contributed by atoms with Gasteiger partial charge >= 0.3 is 0 Å². The Morgan fingerprint density at radius 3 is 1.14 bits per heavy atom. The molecule has 0 aliphatic carbocycles. The number of hydrogen-bond donors (Lipinski definition) is 2. The first-order valence-corrected chi connectivity index (χ1v) is 6.25. The van der Waals surface area contributed by atoms with Crippen LogP contribution < -0.4 is 11.5 Å². The number of halogens is 2. The minimum absolute atomic E-state index is 0. The maximum absolute atomic E-state index is 5.61. The zero-order chi connectivity index (χ0) is 9.83. The predicted octanol–water partition coefficient (Wildman–Crippen LogP) is 2.69. The minimum Gasteiger partial charge on any atom is -0.329 e. The highest BCUT2D eigenvalue weighted by Crippen LogP contribution is 2.42. The van der Waals surface area contributed by atoms with Gasteiger partial charge in [-0.15, -0.1) is 24.8 Å². The SMILES string of the molecule is CC(C)(CN)SSC(C)(C)CN.Cl.Cl. The summed E-state index contributed by atoms with van der Waals surface area (Å²) >= 11 is 0. The highest BCUT2D eigenvalue weighted by atomic mass is 35.5. The molecule has 0 unspecified atom stereocenters. The quantitative estimate of drug-likeness (QED) is 0.761. The van der Waals surface area contributed by atoms with E-state index in [4.69, 9.17) is 11.5 Å². The zero-order valence-electron chi connectivity index (χ0n) is 9.20. The Morgan fingerprint density at radius 2 is 1.00 bits per heavy atom. The molecule has 0 aromatic heterocycles. The van der Waals surface area contributed by atoms with Gasteiger partial charge in [0.05, 0.1) is 0 Å². The maximum Gasteiger partial charge on any atom is 0.0329 e. The largest absolute Gasteiger partial charge is 0.329 e. The molecule has 0 amide bonds. The Kier molecular flexibility index (Phi) is 12.3. The molecule has 0 radical (unpaired) electrons. The molecule has 0 atom stereocenters. The van der Waals surface area contributed by atoms with E-state index in [0.29, 0.717) is 13.1 Å². The average Bonchev–Trinajstić information content (AvgIpc) is 2.02. The second-order valence-corrected chi connectivity index (χ2v) is 7.64. The summed E-state index contributed by atoms with van der Waals surface area (Å²) in [6.45, 7) is 10.00. The predicted molar refractivity (Wildman–Crippen MR) is 75.9 cm³/mol. The Hall–Kier alpha value is 1.20. The first kappa shape index (κ1) is 20.6. The molecule has 0 aliphatic rings. The van der Waals surface area contributed by atoms with Crippen LogP contribution in [0.15, 0.2) is 0 Å². The molecule has 0 rings (SSSR count). The summed E-state index contributed by atoms with van der Waals surface area (Å²) in [5.74, 6) is 0. The van der Waals surface area contributed by atoms with Crippen LogP contribution in [0.4, 0.5) is 0 Å². The lowest BCUT2D eigenvalue weighted by Crippen LogP contribution is -2.30. The highest BCUT2D eigenvalue weighted by Gasteiger charge is 2.23. The summed E-state index contributed by atoms with van der Waals surface area (Å²) < 4.78 is 0.300. The standard InChI is InChI=1S/C8H20N2S2.2ClH/c1-7(2,5-9)11-12-8(3,4)6-10;;/h5-6,9-10H2,1-4H3;2*1H. The van der Waals surface area contributed by atoms with E-state index in [0.717, 1.165) is 0 Å². The van der Waals surface area contributed by atoms with Crippen molar-refractivity contribution in [2.24, 2.45) is 11.5 Å². The smallest absolute Gasteiger partial charge is 0.0329 e. The van der Waals surface area contributed by atoms with Crippen LogP contribution in [0, 0.1) is 0 Å². The molecule has 0 heterocycles. The van der Waals surface area contributed by atoms with E-state index in [1.54, 1.807) is 0 Å². The van der Waals surface area contributed by atoms with Gasteiger partial charge < -0.3 is 11.5 Å². The highest BCUT2D eigenvalue weighted by molar-refractivity contribution is 8.77. The third-order valence-electron chi connectivity index (χ3n) is 1.48. The fourth-order valence-electron chi connectivity index (χ4n) is 0.294. The van der Waals surface area contributed by atoms with Crippen LogP contribution in [0.3, 0.4) is 0 Å². The summed E-state index contributed by atoms with van der Waals surface area (Å²) in [6.07, 6.45) is 0. The van der Waals surface area contributed by atoms with E-state index >= 15 is 0 Å². The monoisotopic (exact) mass is 280 g/mol. The third kappa shape index (κ3) is 9.74. The molecule has 0 fully saturated rings. The molecule has 2 nitrogen and oxygen atoms in total. The van der Waals surface area contributed by atoms with Crippen molar-refractivity contribution in [3.8, 4) is 0 Å². The van der Waals surface area contributed by atoms with Crippen molar-refractivity contribution in [2.75, 3.05) is 13.1 Å². The van der Waals surface area contributed by atoms with Crippen LogP contribution in [-0.4, -0.2) is 22.6 Å². The van der Waals surface area contributed by atoms with E-state index in [1.165, 1.54) is 0 Å². The number of rotatable bonds is 5. The lowest BCUT2D eigenvalue weighted by atomic mass is 10.2. The molecular formula is C8H22Cl2N2S2. The third-order valence-corrected chi connectivity index (χ3v) is 5.75. The summed E-state index contributed by atoms with van der Waals surface area (Å²) in [6, 6.07) is 0. The van der Waals surface area contributed by atoms with Gasteiger partial charge in [0.1, 0.15) is 0 Å². The molecule has 0 spiro atoms. The summed E-state index contributed by atoms with van der Waals surface area (Å²) in [7, 11) is 3.64. The van der Waals surface area contributed by atoms with Gasteiger partial charge in [-0.05, 0) is 27.7 Å². The summed E-state index contributed by atoms with van der Waals surface area (Å²) in [4.78, 5) is 0. The van der Waals surface area contributed by atoms with Crippen LogP contribution in [0.25, 0.3) is 0 Å². The zero-order valence-corrected chi connectivity index (χ0v) is 12.5. The lowest BCUT2D eigenvalue weighted by molar-refractivity contribution is 0.720. The first-order valence-electron chi connectivity index (χ1n) is 4.10. The van der Waals surface area contributed by atoms with Crippen molar-refractivity contribution in [3.05, 3.63) is 0 Å². The molecule has 0 saturated heterocycles. The fraction of sp³-hybridized carbons (Fsp3) is 1.00. The van der Waals surface area contributed by atoms with Gasteiger partial charge in [-0.2, -0.15) is 0 Å². The Labute approximate surface area is 108 Å². The van der Waals surface area contributed by atoms with Gasteiger partial charge in [-0.3, -0.25) is 0 Å². The van der Waals surface area contributed by atoms with Gasteiger partial charge in [0.15, 0.2) is 0 Å². The molecule has 0 aromatic carbocycles. The molecule has 4 N–H and O–H groups in total. The fourth-order valence-corrected chi connectivity index (χ4v) is 2.64. The van der Waals surface area contributed by atoms with Crippen LogP contribution in [0.5, 0.6) is 0 Å². The molecular weight excluding hydrogens is 259 g/mol. The molecule has 90 valence electrons. The minimum atomic E-state index is 0. The van der Waals surface area contributed by atoms with Crippen molar-refractivity contribution in [1.29, 1.82) is 0 Å². The van der Waals surface area contributed by atoms with Gasteiger partial charge in [0, 0.05) is 22.6 Å². The van der Waals surface area contributed by atoms with Crippen molar-refractivity contribution in [1.82, 2.24) is 0 Å². The van der Waals surface area contributed by atoms with Crippen molar-refractivity contribution >= 4 is 46.4 Å². The Bertz CT molecular complexity index is 127. The van der Waals surface area contributed by atoms with Gasteiger partial charge in [-0.25, -0.2) is 0 Å². The summed E-state index contributed by atoms with van der Waals surface area (Å²) in [5, 5.41) is 0. The van der Waals surface area contributed by atoms with Crippen LogP contribution in [-0.2, 0) is 0 Å². The molecule has 0 aliphatic heterocycles. The van der Waals surface area contributed by atoms with Crippen LogP contribution >= 0.6 is 46.4 Å². The van der Waals surface area contributed by atoms with Crippen molar-refractivity contribution in [2.45, 2.75) is 37.2 Å². The second-order valence-electron chi connectivity index (χ2n) is 4.09. The summed E-state index contributed by atoms with van der Waals surface area (Å²) in [5.41, 5.74) is 11.2. The van der Waals surface area contributed by atoms with E-state index in [1.807, 2.05) is 21.6 Å². The molecule has 0 aromatic rings. The first-order chi connectivity index (χ1) is 5.33. The van der Waals surface area contributed by atoms with E-state index in [2.05, 4.69) is 27.7 Å². The Balaban J connectivity index is -0.000000605. The van der Waals surface area contributed by atoms with Gasteiger partial charge in [-0.1, -0.05) is 21.6 Å². The lowest BCUT2D eigenvalue weighted by Gasteiger charge is -2.27. The molecule has 0 bridgehead atoms. The topological polar surface area (TPSA) is 52.0 Å². The number of hydrogen-bond acceptors (Lipinski definition) is 4. The normalized spacial score (nSPS) is 11.6. The van der Waals surface area contributed by atoms with E-state index in [-0.39, 0.29) is 34.3 Å². The van der Waals surface area contributed by atoms with Gasteiger partial charge in [0.2, 0.25) is 0 Å². The van der Waals surface area contributed by atoms with Crippen LogP contribution in [0.2, 0.25) is 0 Å². The van der Waals surface area contributed by atoms with E-state index in [9.17, 15) is 0 Å². The molecule has 0 saturated carbocycles. The van der Waals surface area contributed by atoms with Gasteiger partial charge in [0.25, 0.3) is 0 Å².